The van der Waals surface area contributed by atoms with Crippen molar-refractivity contribution in [2.24, 2.45) is 0 Å². The number of aromatic nitrogens is 1. The maximum Gasteiger partial charge on any atom is 0.263 e. The molecule has 0 aliphatic carbocycles. The molecule has 94 valence electrons. The van der Waals surface area contributed by atoms with Gasteiger partial charge in [-0.1, -0.05) is 11.6 Å². The van der Waals surface area contributed by atoms with Gasteiger partial charge >= 0.3 is 0 Å². The fourth-order valence-corrected chi connectivity index (χ4v) is 2.51. The Hall–Kier alpha value is -1.66. The van der Waals surface area contributed by atoms with Crippen LogP contribution in [0.15, 0.2) is 47.5 Å². The van der Waals surface area contributed by atoms with Gasteiger partial charge in [-0.05, 0) is 36.4 Å². The van der Waals surface area contributed by atoms with E-state index in [-0.39, 0.29) is 15.7 Å². The van der Waals surface area contributed by atoms with Crippen LogP contribution in [0.25, 0.3) is 0 Å². The zero-order valence-corrected chi connectivity index (χ0v) is 10.5. The highest BCUT2D eigenvalue weighted by molar-refractivity contribution is 7.92. The van der Waals surface area contributed by atoms with Gasteiger partial charge < -0.3 is 0 Å². The highest BCUT2D eigenvalue weighted by Crippen LogP contribution is 2.21. The second-order valence-electron chi connectivity index (χ2n) is 3.39. The minimum absolute atomic E-state index is 0.0310. The molecule has 0 amide bonds. The van der Waals surface area contributed by atoms with Crippen LogP contribution in [-0.4, -0.2) is 13.4 Å². The minimum Gasteiger partial charge on any atom is -0.262 e. The highest BCUT2D eigenvalue weighted by atomic mass is 35.5. The van der Waals surface area contributed by atoms with Crippen molar-refractivity contribution in [3.05, 3.63) is 53.4 Å². The van der Waals surface area contributed by atoms with E-state index in [0.717, 1.165) is 24.3 Å². The molecule has 0 atom stereocenters. The van der Waals surface area contributed by atoms with Gasteiger partial charge in [0.1, 0.15) is 5.82 Å². The monoisotopic (exact) mass is 286 g/mol. The topological polar surface area (TPSA) is 59.1 Å². The van der Waals surface area contributed by atoms with E-state index in [1.165, 1.54) is 12.3 Å². The summed E-state index contributed by atoms with van der Waals surface area (Å²) in [5.74, 6) is -0.478. The lowest BCUT2D eigenvalue weighted by Gasteiger charge is -2.08. The van der Waals surface area contributed by atoms with Gasteiger partial charge in [0.2, 0.25) is 0 Å². The highest BCUT2D eigenvalue weighted by Gasteiger charge is 2.16. The summed E-state index contributed by atoms with van der Waals surface area (Å²) < 4.78 is 38.8. The summed E-state index contributed by atoms with van der Waals surface area (Å²) in [6.07, 6.45) is 1.41. The third kappa shape index (κ3) is 2.77. The predicted molar refractivity (Wildman–Crippen MR) is 66.5 cm³/mol. The Morgan fingerprint density at radius 2 is 1.83 bits per heavy atom. The number of halogens is 2. The molecule has 0 bridgehead atoms. The van der Waals surface area contributed by atoms with Crippen molar-refractivity contribution in [2.75, 3.05) is 4.72 Å². The zero-order chi connectivity index (χ0) is 13.2. The fourth-order valence-electron chi connectivity index (χ4n) is 1.26. The molecule has 0 aliphatic rings. The summed E-state index contributed by atoms with van der Waals surface area (Å²) in [5.41, 5.74) is 0. The van der Waals surface area contributed by atoms with Crippen LogP contribution in [-0.2, 0) is 10.0 Å². The quantitative estimate of drug-likeness (QED) is 0.944. The number of sulfonamides is 1. The Bertz CT molecular complexity index is 659. The van der Waals surface area contributed by atoms with Crippen molar-refractivity contribution < 1.29 is 12.8 Å². The van der Waals surface area contributed by atoms with E-state index in [9.17, 15) is 12.8 Å². The molecule has 0 spiro atoms. The summed E-state index contributed by atoms with van der Waals surface area (Å²) in [4.78, 5) is 3.75. The first kappa shape index (κ1) is 12.8. The third-order valence-electron chi connectivity index (χ3n) is 2.11. The molecule has 0 aliphatic heterocycles. The van der Waals surface area contributed by atoms with Gasteiger partial charge in [-0.3, -0.25) is 4.72 Å². The average molecular weight is 287 g/mol. The zero-order valence-electron chi connectivity index (χ0n) is 8.97. The van der Waals surface area contributed by atoms with Crippen molar-refractivity contribution in [1.29, 1.82) is 0 Å². The molecule has 2 aromatic rings. The van der Waals surface area contributed by atoms with E-state index in [0.29, 0.717) is 0 Å². The molecule has 0 saturated carbocycles. The van der Waals surface area contributed by atoms with E-state index in [1.807, 2.05) is 0 Å². The molecule has 4 nitrogen and oxygen atoms in total. The predicted octanol–water partition coefficient (Wildman–Crippen LogP) is 2.67. The van der Waals surface area contributed by atoms with Crippen LogP contribution in [0.4, 0.5) is 10.2 Å². The molecule has 0 unspecified atom stereocenters. The van der Waals surface area contributed by atoms with Crippen molar-refractivity contribution in [2.45, 2.75) is 4.90 Å². The number of rotatable bonds is 3. The van der Waals surface area contributed by atoms with E-state index in [4.69, 9.17) is 11.6 Å². The lowest BCUT2D eigenvalue weighted by molar-refractivity contribution is 0.599. The van der Waals surface area contributed by atoms with Crippen molar-refractivity contribution in [3.63, 3.8) is 0 Å². The largest absolute Gasteiger partial charge is 0.263 e. The van der Waals surface area contributed by atoms with Crippen molar-refractivity contribution >= 4 is 27.4 Å². The lowest BCUT2D eigenvalue weighted by atomic mass is 10.4. The lowest BCUT2D eigenvalue weighted by Crippen LogP contribution is -2.14. The Kier molecular flexibility index (Phi) is 3.49. The number of anilines is 1. The first-order chi connectivity index (χ1) is 8.49. The molecule has 1 aromatic heterocycles. The molecule has 0 saturated heterocycles. The van der Waals surface area contributed by atoms with Crippen LogP contribution in [0.5, 0.6) is 0 Å². The van der Waals surface area contributed by atoms with E-state index in [2.05, 4.69) is 9.71 Å². The molecule has 1 aromatic carbocycles. The summed E-state index contributed by atoms with van der Waals surface area (Å²) in [7, 11) is -3.82. The van der Waals surface area contributed by atoms with Crippen LogP contribution in [0.2, 0.25) is 5.02 Å². The minimum atomic E-state index is -3.82. The third-order valence-corrected chi connectivity index (χ3v) is 3.77. The van der Waals surface area contributed by atoms with Crippen molar-refractivity contribution in [3.8, 4) is 0 Å². The molecule has 0 fully saturated rings. The Morgan fingerprint density at radius 3 is 2.44 bits per heavy atom. The van der Waals surface area contributed by atoms with Crippen LogP contribution in [0, 0.1) is 5.82 Å². The molecular weight excluding hydrogens is 279 g/mol. The van der Waals surface area contributed by atoms with Gasteiger partial charge in [-0.15, -0.1) is 0 Å². The number of hydrogen-bond donors (Lipinski definition) is 1. The molecular formula is C11H8ClFN2O2S. The van der Waals surface area contributed by atoms with E-state index >= 15 is 0 Å². The number of pyridine rings is 1. The van der Waals surface area contributed by atoms with Crippen LogP contribution >= 0.6 is 11.6 Å². The number of nitrogens with zero attached hydrogens (tertiary/aromatic N) is 1. The summed E-state index contributed by atoms with van der Waals surface area (Å²) in [6, 6.07) is 7.54. The summed E-state index contributed by atoms with van der Waals surface area (Å²) in [6.45, 7) is 0. The number of nitrogens with one attached hydrogen (secondary N) is 1. The molecule has 7 heteroatoms. The van der Waals surface area contributed by atoms with Gasteiger partial charge in [0.05, 0.1) is 9.92 Å². The molecule has 0 radical (unpaired) electrons. The maximum absolute atomic E-state index is 12.7. The standard InChI is InChI=1S/C11H8ClFN2O2S/c12-10-2-1-7-14-11(10)15-18(16,17)9-5-3-8(13)4-6-9/h1-7H,(H,14,15). The molecule has 1 heterocycles. The van der Waals surface area contributed by atoms with Crippen LogP contribution in [0.3, 0.4) is 0 Å². The van der Waals surface area contributed by atoms with E-state index < -0.39 is 15.8 Å². The van der Waals surface area contributed by atoms with Gasteiger partial charge in [-0.25, -0.2) is 17.8 Å². The van der Waals surface area contributed by atoms with Crippen LogP contribution in [0.1, 0.15) is 0 Å². The Morgan fingerprint density at radius 1 is 1.17 bits per heavy atom. The van der Waals surface area contributed by atoms with Gasteiger partial charge in [0, 0.05) is 6.20 Å². The average Bonchev–Trinajstić information content (AvgIpc) is 2.32. The second-order valence-corrected chi connectivity index (χ2v) is 5.48. The smallest absolute Gasteiger partial charge is 0.262 e. The number of hydrogen-bond acceptors (Lipinski definition) is 3. The maximum atomic E-state index is 12.7. The Balaban J connectivity index is 2.33. The van der Waals surface area contributed by atoms with Gasteiger partial charge in [-0.2, -0.15) is 0 Å². The van der Waals surface area contributed by atoms with Crippen molar-refractivity contribution in [1.82, 2.24) is 4.98 Å². The summed E-state index contributed by atoms with van der Waals surface area (Å²) in [5, 5.41) is 0.184. The molecule has 1 N–H and O–H groups in total. The number of benzene rings is 1. The first-order valence-corrected chi connectivity index (χ1v) is 6.74. The molecule has 2 rings (SSSR count). The van der Waals surface area contributed by atoms with Gasteiger partial charge in [0.15, 0.2) is 5.82 Å². The normalized spacial score (nSPS) is 11.2. The summed E-state index contributed by atoms with van der Waals surface area (Å²) >= 11 is 5.79. The second kappa shape index (κ2) is 4.91. The van der Waals surface area contributed by atoms with Crippen LogP contribution < -0.4 is 4.72 Å². The molecule has 18 heavy (non-hydrogen) atoms. The Labute approximate surface area is 108 Å². The van der Waals surface area contributed by atoms with Gasteiger partial charge in [0.25, 0.3) is 10.0 Å². The SMILES string of the molecule is O=S(=O)(Nc1ncccc1Cl)c1ccc(F)cc1. The first-order valence-electron chi connectivity index (χ1n) is 4.88. The van der Waals surface area contributed by atoms with E-state index in [1.54, 1.807) is 6.07 Å². The fraction of sp³-hybridized carbons (Fsp3) is 0.